The Balaban J connectivity index is 2.16. The van der Waals surface area contributed by atoms with Crippen LogP contribution in [0.4, 0.5) is 11.5 Å². The van der Waals surface area contributed by atoms with Crippen molar-refractivity contribution in [2.75, 3.05) is 12.4 Å². The van der Waals surface area contributed by atoms with Crippen LogP contribution in [0.25, 0.3) is 0 Å². The lowest BCUT2D eigenvalue weighted by molar-refractivity contribution is -0.390. The number of carbonyl (C=O) groups is 1. The van der Waals surface area contributed by atoms with Crippen LogP contribution >= 0.6 is 15.9 Å². The lowest BCUT2D eigenvalue weighted by Gasteiger charge is -2.09. The summed E-state index contributed by atoms with van der Waals surface area (Å²) in [5.74, 6) is -0.153. The molecule has 2 rings (SSSR count). The number of halogens is 1. The van der Waals surface area contributed by atoms with Gasteiger partial charge in [-0.3, -0.25) is 4.79 Å². The molecule has 0 aliphatic heterocycles. The predicted octanol–water partition coefficient (Wildman–Crippen LogP) is 2.51. The van der Waals surface area contributed by atoms with Crippen LogP contribution in [0.3, 0.4) is 0 Å². The van der Waals surface area contributed by atoms with E-state index >= 15 is 0 Å². The topological polar surface area (TPSA) is 99.3 Å². The lowest BCUT2D eigenvalue weighted by Crippen LogP contribution is -2.20. The number of benzene rings is 1. The maximum atomic E-state index is 12.1. The second kappa shape index (κ2) is 6.56. The van der Waals surface area contributed by atoms with Gasteiger partial charge in [0.15, 0.2) is 0 Å². The first kappa shape index (κ1) is 16.0. The van der Waals surface area contributed by atoms with Crippen LogP contribution in [-0.2, 0) is 11.3 Å². The molecule has 0 fully saturated rings. The first-order valence-electron chi connectivity index (χ1n) is 6.24. The van der Waals surface area contributed by atoms with Gasteiger partial charge < -0.3 is 20.2 Å². The number of nitrogens with one attached hydrogen (secondary N) is 1. The van der Waals surface area contributed by atoms with Crippen LogP contribution in [0.5, 0.6) is 5.75 Å². The Kier molecular flexibility index (Phi) is 4.76. The van der Waals surface area contributed by atoms with E-state index in [9.17, 15) is 14.9 Å². The molecule has 0 atom stereocenters. The normalized spacial score (nSPS) is 10.3. The zero-order chi connectivity index (χ0) is 16.3. The Bertz CT molecular complexity index is 729. The minimum Gasteiger partial charge on any atom is -0.495 e. The number of para-hydroxylation sites is 2. The van der Waals surface area contributed by atoms with Crippen LogP contribution in [0, 0.1) is 17.0 Å². The third-order valence-electron chi connectivity index (χ3n) is 2.96. The SMILES string of the molecule is COc1ccccc1NC(=O)Cn1nc([N+](=O)[O-])c(Br)c1C. The van der Waals surface area contributed by atoms with Crippen LogP contribution in [0.1, 0.15) is 5.69 Å². The van der Waals surface area contributed by atoms with E-state index in [0.29, 0.717) is 17.1 Å². The fourth-order valence-electron chi connectivity index (χ4n) is 1.85. The van der Waals surface area contributed by atoms with Gasteiger partial charge in [-0.25, -0.2) is 0 Å². The maximum absolute atomic E-state index is 12.1. The third kappa shape index (κ3) is 3.25. The summed E-state index contributed by atoms with van der Waals surface area (Å²) in [6.07, 6.45) is 0. The summed E-state index contributed by atoms with van der Waals surface area (Å²) in [5, 5.41) is 17.3. The Morgan fingerprint density at radius 2 is 2.18 bits per heavy atom. The van der Waals surface area contributed by atoms with Crippen LogP contribution < -0.4 is 10.1 Å². The number of aromatic nitrogens is 2. The van der Waals surface area contributed by atoms with Crippen LogP contribution in [0.2, 0.25) is 0 Å². The van der Waals surface area contributed by atoms with Crippen molar-refractivity contribution in [2.24, 2.45) is 0 Å². The second-order valence-corrected chi connectivity index (χ2v) is 5.18. The van der Waals surface area contributed by atoms with E-state index < -0.39 is 4.92 Å². The quantitative estimate of drug-likeness (QED) is 0.645. The molecule has 116 valence electrons. The Morgan fingerprint density at radius 1 is 1.50 bits per heavy atom. The van der Waals surface area contributed by atoms with Gasteiger partial charge in [-0.05, 0) is 39.9 Å². The highest BCUT2D eigenvalue weighted by molar-refractivity contribution is 9.10. The summed E-state index contributed by atoms with van der Waals surface area (Å²) in [5.41, 5.74) is 1.02. The Morgan fingerprint density at radius 3 is 2.77 bits per heavy atom. The molecule has 0 bridgehead atoms. The molecule has 0 saturated heterocycles. The molecule has 0 aliphatic carbocycles. The molecule has 0 radical (unpaired) electrons. The lowest BCUT2D eigenvalue weighted by atomic mass is 10.3. The minimum absolute atomic E-state index is 0.143. The van der Waals surface area contributed by atoms with E-state index in [-0.39, 0.29) is 22.7 Å². The molecule has 1 aromatic heterocycles. The minimum atomic E-state index is -0.605. The van der Waals surface area contributed by atoms with Gasteiger partial charge >= 0.3 is 5.82 Å². The number of hydrogen-bond acceptors (Lipinski definition) is 5. The molecule has 0 spiro atoms. The van der Waals surface area contributed by atoms with Gasteiger partial charge in [-0.1, -0.05) is 12.1 Å². The molecule has 0 unspecified atom stereocenters. The van der Waals surface area contributed by atoms with Crippen molar-refractivity contribution in [3.8, 4) is 5.75 Å². The maximum Gasteiger partial charge on any atom is 0.404 e. The van der Waals surface area contributed by atoms with Gasteiger partial charge in [-0.2, -0.15) is 4.68 Å². The highest BCUT2D eigenvalue weighted by atomic mass is 79.9. The zero-order valence-electron chi connectivity index (χ0n) is 11.9. The molecule has 22 heavy (non-hydrogen) atoms. The van der Waals surface area contributed by atoms with E-state index in [1.807, 2.05) is 0 Å². The van der Waals surface area contributed by atoms with Crippen molar-refractivity contribution in [1.82, 2.24) is 9.78 Å². The smallest absolute Gasteiger partial charge is 0.404 e. The number of rotatable bonds is 5. The molecule has 2 aromatic rings. The highest BCUT2D eigenvalue weighted by Crippen LogP contribution is 2.27. The highest BCUT2D eigenvalue weighted by Gasteiger charge is 2.24. The fraction of sp³-hybridized carbons (Fsp3) is 0.231. The van der Waals surface area contributed by atoms with E-state index in [1.54, 1.807) is 31.2 Å². The van der Waals surface area contributed by atoms with Crippen molar-refractivity contribution in [2.45, 2.75) is 13.5 Å². The summed E-state index contributed by atoms with van der Waals surface area (Å²) in [7, 11) is 1.50. The van der Waals surface area contributed by atoms with Gasteiger partial charge in [0.25, 0.3) is 0 Å². The summed E-state index contributed by atoms with van der Waals surface area (Å²) < 4.78 is 6.68. The van der Waals surface area contributed by atoms with E-state index in [2.05, 4.69) is 26.3 Å². The zero-order valence-corrected chi connectivity index (χ0v) is 13.5. The van der Waals surface area contributed by atoms with Crippen molar-refractivity contribution in [3.05, 3.63) is 44.5 Å². The number of ether oxygens (including phenoxy) is 1. The molecule has 0 aliphatic rings. The van der Waals surface area contributed by atoms with Gasteiger partial charge in [0.1, 0.15) is 16.8 Å². The number of methoxy groups -OCH3 is 1. The fourth-order valence-corrected chi connectivity index (χ4v) is 2.28. The van der Waals surface area contributed by atoms with Gasteiger partial charge in [0.05, 0.1) is 23.6 Å². The number of hydrogen-bond donors (Lipinski definition) is 1. The number of nitrogens with zero attached hydrogens (tertiary/aromatic N) is 3. The first-order valence-corrected chi connectivity index (χ1v) is 7.03. The van der Waals surface area contributed by atoms with Crippen LogP contribution in [0.15, 0.2) is 28.7 Å². The molecule has 0 saturated carbocycles. The molecule has 1 heterocycles. The van der Waals surface area contributed by atoms with E-state index in [4.69, 9.17) is 4.74 Å². The first-order chi connectivity index (χ1) is 10.4. The molecular weight excluding hydrogens is 356 g/mol. The van der Waals surface area contributed by atoms with E-state index in [0.717, 1.165) is 0 Å². The molecule has 1 N–H and O–H groups in total. The number of carbonyl (C=O) groups excluding carboxylic acids is 1. The van der Waals surface area contributed by atoms with Crippen LogP contribution in [-0.4, -0.2) is 27.7 Å². The Labute approximate surface area is 134 Å². The Hall–Kier alpha value is -2.42. The standard InChI is InChI=1S/C13H13BrN4O4/c1-8-12(14)13(18(20)21)16-17(8)7-11(19)15-9-5-3-4-6-10(9)22-2/h3-6H,7H2,1-2H3,(H,15,19). The van der Waals surface area contributed by atoms with E-state index in [1.165, 1.54) is 11.8 Å². The molecule has 8 nitrogen and oxygen atoms in total. The largest absolute Gasteiger partial charge is 0.495 e. The number of anilines is 1. The molecule has 1 amide bonds. The van der Waals surface area contributed by atoms with Crippen molar-refractivity contribution in [3.63, 3.8) is 0 Å². The summed E-state index contributed by atoms with van der Waals surface area (Å²) in [6.45, 7) is 1.50. The number of amides is 1. The average Bonchev–Trinajstić information content (AvgIpc) is 2.76. The second-order valence-electron chi connectivity index (χ2n) is 4.39. The van der Waals surface area contributed by atoms with Gasteiger partial charge in [0.2, 0.25) is 5.91 Å². The summed E-state index contributed by atoms with van der Waals surface area (Å²) >= 11 is 3.10. The van der Waals surface area contributed by atoms with Crippen molar-refractivity contribution in [1.29, 1.82) is 0 Å². The monoisotopic (exact) mass is 368 g/mol. The molecule has 1 aromatic carbocycles. The molecule has 9 heteroatoms. The summed E-state index contributed by atoms with van der Waals surface area (Å²) in [6, 6.07) is 6.96. The van der Waals surface area contributed by atoms with Crippen molar-refractivity contribution < 1.29 is 14.5 Å². The van der Waals surface area contributed by atoms with Gasteiger partial charge in [0, 0.05) is 0 Å². The van der Waals surface area contributed by atoms with Crippen molar-refractivity contribution >= 4 is 33.3 Å². The van der Waals surface area contributed by atoms with Gasteiger partial charge in [-0.15, -0.1) is 0 Å². The predicted molar refractivity (Wildman–Crippen MR) is 82.9 cm³/mol. The summed E-state index contributed by atoms with van der Waals surface area (Å²) in [4.78, 5) is 22.3. The average molecular weight is 369 g/mol. The number of nitro groups is 1. The third-order valence-corrected chi connectivity index (χ3v) is 3.89. The molecular formula is C13H13BrN4O4.